The van der Waals surface area contributed by atoms with Gasteiger partial charge in [-0.2, -0.15) is 0 Å². The van der Waals surface area contributed by atoms with Gasteiger partial charge >= 0.3 is 0 Å². The molecule has 1 saturated carbocycles. The molecule has 2 unspecified atom stereocenters. The molecule has 10 nitrogen and oxygen atoms in total. The third-order valence-corrected chi connectivity index (χ3v) is 6.41. The van der Waals surface area contributed by atoms with E-state index >= 15 is 0 Å². The average molecular weight is 465 g/mol. The molecule has 2 atom stereocenters. The van der Waals surface area contributed by atoms with Gasteiger partial charge in [0.2, 0.25) is 11.8 Å². The Labute approximate surface area is 178 Å². The quantitative estimate of drug-likeness (QED) is 0.287. The SMILES string of the molecule is C=CC(=O)N(CCS(=O)(=O)[O-])CC1CCCC(CN(CCS(=O)(=O)[O-])C(=O)C=C)C1. The Balaban J connectivity index is 2.76. The minimum atomic E-state index is -4.47. The molecule has 0 aromatic rings. The molecule has 0 aliphatic heterocycles. The first-order chi connectivity index (χ1) is 13.8. The van der Waals surface area contributed by atoms with Gasteiger partial charge in [-0.3, -0.25) is 9.59 Å². The zero-order chi connectivity index (χ0) is 22.9. The van der Waals surface area contributed by atoms with E-state index < -0.39 is 43.6 Å². The maximum atomic E-state index is 12.0. The van der Waals surface area contributed by atoms with Crippen molar-refractivity contribution in [1.29, 1.82) is 0 Å². The molecule has 0 radical (unpaired) electrons. The molecule has 0 heterocycles. The van der Waals surface area contributed by atoms with Crippen LogP contribution >= 0.6 is 0 Å². The summed E-state index contributed by atoms with van der Waals surface area (Å²) in [5, 5.41) is 0. The number of carbonyl (C=O) groups excluding carboxylic acids is 2. The minimum Gasteiger partial charge on any atom is -0.748 e. The summed E-state index contributed by atoms with van der Waals surface area (Å²) in [5.74, 6) is -2.27. The fraction of sp³-hybridized carbons (Fsp3) is 0.667. The molecule has 172 valence electrons. The number of amides is 2. The highest BCUT2D eigenvalue weighted by Crippen LogP contribution is 2.30. The summed E-state index contributed by atoms with van der Waals surface area (Å²) in [4.78, 5) is 26.6. The van der Waals surface area contributed by atoms with Gasteiger partial charge < -0.3 is 18.9 Å². The molecule has 0 bridgehead atoms. The first kappa shape index (κ1) is 26.3. The van der Waals surface area contributed by atoms with Crippen LogP contribution in [0.5, 0.6) is 0 Å². The monoisotopic (exact) mass is 464 g/mol. The smallest absolute Gasteiger partial charge is 0.245 e. The van der Waals surface area contributed by atoms with Gasteiger partial charge in [0.05, 0.1) is 31.7 Å². The second kappa shape index (κ2) is 11.6. The van der Waals surface area contributed by atoms with Gasteiger partial charge in [0, 0.05) is 26.2 Å². The summed E-state index contributed by atoms with van der Waals surface area (Å²) in [6.45, 7) is 6.85. The zero-order valence-corrected chi connectivity index (χ0v) is 18.4. The van der Waals surface area contributed by atoms with E-state index in [0.29, 0.717) is 6.42 Å². The van der Waals surface area contributed by atoms with Gasteiger partial charge in [-0.25, -0.2) is 16.8 Å². The second-order valence-electron chi connectivity index (χ2n) is 7.40. The predicted molar refractivity (Wildman–Crippen MR) is 108 cm³/mol. The Morgan fingerprint density at radius 1 is 0.833 bits per heavy atom. The van der Waals surface area contributed by atoms with Crippen LogP contribution < -0.4 is 0 Å². The molecular formula is C18H28N2O8S2-2. The van der Waals surface area contributed by atoms with Crippen molar-refractivity contribution in [2.45, 2.75) is 25.7 Å². The summed E-state index contributed by atoms with van der Waals surface area (Å²) >= 11 is 0. The van der Waals surface area contributed by atoms with Crippen molar-refractivity contribution in [3.63, 3.8) is 0 Å². The molecule has 1 aliphatic rings. The standard InChI is InChI=1S/C18H30N2O8S2/c1-3-17(21)19(8-10-29(23,24)25)13-15-6-5-7-16(12-15)14-20(18(22)4-2)9-11-30(26,27)28/h3-4,15-16H,1-2,5-14H2,(H,23,24,25)(H,26,27,28)/p-2. The van der Waals surface area contributed by atoms with Gasteiger partial charge in [-0.1, -0.05) is 19.6 Å². The molecule has 12 heteroatoms. The van der Waals surface area contributed by atoms with Gasteiger partial charge in [0.15, 0.2) is 0 Å². The lowest BCUT2D eigenvalue weighted by molar-refractivity contribution is -0.126. The number of carbonyl (C=O) groups is 2. The molecule has 0 N–H and O–H groups in total. The lowest BCUT2D eigenvalue weighted by Crippen LogP contribution is -2.41. The van der Waals surface area contributed by atoms with Crippen molar-refractivity contribution in [3.8, 4) is 0 Å². The first-order valence-corrected chi connectivity index (χ1v) is 12.7. The van der Waals surface area contributed by atoms with E-state index in [1.54, 1.807) is 0 Å². The molecule has 1 fully saturated rings. The van der Waals surface area contributed by atoms with E-state index in [1.807, 2.05) is 0 Å². The number of nitrogens with zero attached hydrogens (tertiary/aromatic N) is 2. The molecule has 30 heavy (non-hydrogen) atoms. The third kappa shape index (κ3) is 10.3. The molecule has 0 spiro atoms. The summed E-state index contributed by atoms with van der Waals surface area (Å²) in [5.41, 5.74) is 0. The highest BCUT2D eigenvalue weighted by atomic mass is 32.2. The Bertz CT molecular complexity index is 770. The minimum absolute atomic E-state index is 0.0194. The maximum absolute atomic E-state index is 12.0. The van der Waals surface area contributed by atoms with E-state index in [9.17, 15) is 35.5 Å². The lowest BCUT2D eigenvalue weighted by atomic mass is 9.80. The summed E-state index contributed by atoms with van der Waals surface area (Å²) in [6.07, 6.45) is 5.12. The zero-order valence-electron chi connectivity index (χ0n) is 16.8. The molecule has 0 aromatic heterocycles. The van der Waals surface area contributed by atoms with Crippen LogP contribution in [0.25, 0.3) is 0 Å². The van der Waals surface area contributed by atoms with Crippen molar-refractivity contribution in [2.24, 2.45) is 11.8 Å². The van der Waals surface area contributed by atoms with Crippen LogP contribution in [0.3, 0.4) is 0 Å². The van der Waals surface area contributed by atoms with Gasteiger partial charge in [0.25, 0.3) is 0 Å². The highest BCUT2D eigenvalue weighted by molar-refractivity contribution is 7.85. The Morgan fingerprint density at radius 2 is 1.20 bits per heavy atom. The molecule has 1 aliphatic carbocycles. The molecule has 2 amide bonds. The molecule has 0 aromatic carbocycles. The number of hydrogen-bond donors (Lipinski definition) is 0. The van der Waals surface area contributed by atoms with Crippen molar-refractivity contribution in [2.75, 3.05) is 37.7 Å². The van der Waals surface area contributed by atoms with Crippen LogP contribution in [0.4, 0.5) is 0 Å². The van der Waals surface area contributed by atoms with Crippen LogP contribution in [-0.2, 0) is 29.8 Å². The van der Waals surface area contributed by atoms with Crippen LogP contribution in [-0.4, -0.2) is 85.2 Å². The van der Waals surface area contributed by atoms with Gasteiger partial charge in [-0.05, 0) is 43.3 Å². The highest BCUT2D eigenvalue weighted by Gasteiger charge is 2.27. The van der Waals surface area contributed by atoms with Crippen molar-refractivity contribution in [1.82, 2.24) is 9.80 Å². The van der Waals surface area contributed by atoms with Crippen LogP contribution in [0, 0.1) is 11.8 Å². The Hall–Kier alpha value is -1.76. The largest absolute Gasteiger partial charge is 0.748 e. The van der Waals surface area contributed by atoms with Crippen LogP contribution in [0.2, 0.25) is 0 Å². The summed E-state index contributed by atoms with van der Waals surface area (Å²) in [7, 11) is -8.93. The van der Waals surface area contributed by atoms with Crippen LogP contribution in [0.1, 0.15) is 25.7 Å². The molecule has 1 rings (SSSR count). The number of rotatable bonds is 12. The van der Waals surface area contributed by atoms with Crippen molar-refractivity contribution < 1.29 is 35.5 Å². The van der Waals surface area contributed by atoms with E-state index in [0.717, 1.165) is 31.4 Å². The third-order valence-electron chi connectivity index (χ3n) is 5.04. The molecule has 0 saturated heterocycles. The fourth-order valence-electron chi connectivity index (χ4n) is 3.64. The van der Waals surface area contributed by atoms with E-state index in [2.05, 4.69) is 13.2 Å². The average Bonchev–Trinajstić information content (AvgIpc) is 2.66. The summed E-state index contributed by atoms with van der Waals surface area (Å²) < 4.78 is 65.4. The molecular weight excluding hydrogens is 436 g/mol. The van der Waals surface area contributed by atoms with Crippen molar-refractivity contribution in [3.05, 3.63) is 25.3 Å². The van der Waals surface area contributed by atoms with Crippen LogP contribution in [0.15, 0.2) is 25.3 Å². The van der Waals surface area contributed by atoms with Gasteiger partial charge in [-0.15, -0.1) is 0 Å². The van der Waals surface area contributed by atoms with E-state index in [4.69, 9.17) is 0 Å². The van der Waals surface area contributed by atoms with E-state index in [1.165, 1.54) is 9.80 Å². The second-order valence-corrected chi connectivity index (χ2v) is 10.4. The van der Waals surface area contributed by atoms with Crippen molar-refractivity contribution >= 4 is 32.1 Å². The first-order valence-electron chi connectivity index (χ1n) is 9.54. The maximum Gasteiger partial charge on any atom is 0.245 e. The topological polar surface area (TPSA) is 155 Å². The predicted octanol–water partition coefficient (Wildman–Crippen LogP) is -0.0876. The summed E-state index contributed by atoms with van der Waals surface area (Å²) in [6, 6.07) is 0. The van der Waals surface area contributed by atoms with Gasteiger partial charge in [0.1, 0.15) is 0 Å². The normalized spacial score (nSPS) is 19.7. The lowest BCUT2D eigenvalue weighted by Gasteiger charge is -2.35. The number of hydrogen-bond acceptors (Lipinski definition) is 8. The Kier molecular flexibility index (Phi) is 10.1. The Morgan fingerprint density at radius 3 is 1.50 bits per heavy atom. The van der Waals surface area contributed by atoms with E-state index in [-0.39, 0.29) is 38.0 Å². The fourth-order valence-corrected chi connectivity index (χ4v) is 4.53.